The fraction of sp³-hybridized carbons (Fsp3) is 0.438. The Balaban J connectivity index is 2.03. The van der Waals surface area contributed by atoms with Crippen LogP contribution in [0.1, 0.15) is 13.3 Å². The molecule has 116 valence electrons. The smallest absolute Gasteiger partial charge is 0.227 e. The molecule has 1 fully saturated rings. The van der Waals surface area contributed by atoms with E-state index in [1.807, 2.05) is 25.1 Å². The van der Waals surface area contributed by atoms with E-state index in [4.69, 9.17) is 4.74 Å². The minimum absolute atomic E-state index is 0.0697. The summed E-state index contributed by atoms with van der Waals surface area (Å²) in [7, 11) is 3.32. The number of nitrogens with zero attached hydrogens (tertiary/aromatic N) is 3. The van der Waals surface area contributed by atoms with Gasteiger partial charge in [0.15, 0.2) is 0 Å². The van der Waals surface area contributed by atoms with E-state index in [-0.39, 0.29) is 5.91 Å². The Bertz CT molecular complexity index is 713. The Hall–Kier alpha value is -2.37. The van der Waals surface area contributed by atoms with Crippen molar-refractivity contribution in [1.82, 2.24) is 15.3 Å². The third-order valence-corrected chi connectivity index (χ3v) is 4.37. The Kier molecular flexibility index (Phi) is 3.60. The number of nitrogens with one attached hydrogen (secondary N) is 1. The third kappa shape index (κ3) is 2.24. The molecule has 1 amide bonds. The molecule has 0 aliphatic carbocycles. The molecule has 0 saturated carbocycles. The van der Waals surface area contributed by atoms with Gasteiger partial charge in [0.25, 0.3) is 0 Å². The SMILES string of the molecule is CNC(=O)C1(C)CCN(c2ncnc3cccc(OC)c23)C1. The molecule has 1 atom stereocenters. The summed E-state index contributed by atoms with van der Waals surface area (Å²) in [6.45, 7) is 3.41. The van der Waals surface area contributed by atoms with Gasteiger partial charge in [-0.2, -0.15) is 0 Å². The minimum atomic E-state index is -0.395. The number of fused-ring (bicyclic) bond motifs is 1. The summed E-state index contributed by atoms with van der Waals surface area (Å²) in [4.78, 5) is 23.0. The molecule has 2 heterocycles. The van der Waals surface area contributed by atoms with Crippen molar-refractivity contribution in [3.8, 4) is 5.75 Å². The molecule has 0 spiro atoms. The van der Waals surface area contributed by atoms with E-state index in [2.05, 4.69) is 20.2 Å². The molecule has 1 aromatic carbocycles. The highest BCUT2D eigenvalue weighted by Gasteiger charge is 2.40. The van der Waals surface area contributed by atoms with Crippen molar-refractivity contribution in [2.75, 3.05) is 32.1 Å². The first-order valence-electron chi connectivity index (χ1n) is 7.34. The lowest BCUT2D eigenvalue weighted by molar-refractivity contribution is -0.128. The second kappa shape index (κ2) is 5.44. The summed E-state index contributed by atoms with van der Waals surface area (Å²) >= 11 is 0. The summed E-state index contributed by atoms with van der Waals surface area (Å²) in [5.41, 5.74) is 0.450. The van der Waals surface area contributed by atoms with E-state index >= 15 is 0 Å². The van der Waals surface area contributed by atoms with Gasteiger partial charge < -0.3 is 15.0 Å². The van der Waals surface area contributed by atoms with Crippen LogP contribution in [-0.2, 0) is 4.79 Å². The maximum Gasteiger partial charge on any atom is 0.227 e. The van der Waals surface area contributed by atoms with E-state index in [1.54, 1.807) is 20.5 Å². The summed E-state index contributed by atoms with van der Waals surface area (Å²) in [5, 5.41) is 3.65. The molecule has 1 saturated heterocycles. The lowest BCUT2D eigenvalue weighted by Crippen LogP contribution is -2.39. The fourth-order valence-corrected chi connectivity index (χ4v) is 3.10. The van der Waals surface area contributed by atoms with Crippen molar-refractivity contribution in [2.24, 2.45) is 5.41 Å². The van der Waals surface area contributed by atoms with Gasteiger partial charge in [-0.3, -0.25) is 4.79 Å². The zero-order valence-electron chi connectivity index (χ0n) is 13.1. The highest BCUT2D eigenvalue weighted by Crippen LogP contribution is 2.37. The van der Waals surface area contributed by atoms with E-state index in [1.165, 1.54) is 0 Å². The zero-order chi connectivity index (χ0) is 15.7. The third-order valence-electron chi connectivity index (χ3n) is 4.37. The lowest BCUT2D eigenvalue weighted by Gasteiger charge is -2.24. The first-order valence-corrected chi connectivity index (χ1v) is 7.34. The van der Waals surface area contributed by atoms with Gasteiger partial charge in [-0.15, -0.1) is 0 Å². The molecule has 1 aromatic heterocycles. The number of ether oxygens (including phenoxy) is 1. The van der Waals surface area contributed by atoms with Gasteiger partial charge in [-0.25, -0.2) is 9.97 Å². The van der Waals surface area contributed by atoms with Crippen LogP contribution in [0.25, 0.3) is 10.9 Å². The van der Waals surface area contributed by atoms with Gasteiger partial charge >= 0.3 is 0 Å². The summed E-state index contributed by atoms with van der Waals surface area (Å²) in [6.07, 6.45) is 2.36. The molecule has 22 heavy (non-hydrogen) atoms. The second-order valence-electron chi connectivity index (χ2n) is 5.86. The van der Waals surface area contributed by atoms with E-state index in [0.717, 1.165) is 35.4 Å². The predicted molar refractivity (Wildman–Crippen MR) is 85.1 cm³/mol. The van der Waals surface area contributed by atoms with Crippen molar-refractivity contribution in [3.63, 3.8) is 0 Å². The van der Waals surface area contributed by atoms with Gasteiger partial charge in [0.1, 0.15) is 17.9 Å². The van der Waals surface area contributed by atoms with Crippen LogP contribution >= 0.6 is 0 Å². The van der Waals surface area contributed by atoms with Crippen molar-refractivity contribution >= 4 is 22.6 Å². The van der Waals surface area contributed by atoms with Crippen LogP contribution in [-0.4, -0.2) is 43.1 Å². The molecule has 3 rings (SSSR count). The van der Waals surface area contributed by atoms with Gasteiger partial charge in [-0.05, 0) is 25.5 Å². The summed E-state index contributed by atoms with van der Waals surface area (Å²) < 4.78 is 5.46. The van der Waals surface area contributed by atoms with Crippen molar-refractivity contribution in [1.29, 1.82) is 0 Å². The van der Waals surface area contributed by atoms with Crippen LogP contribution in [0.5, 0.6) is 5.75 Å². The Morgan fingerprint density at radius 1 is 1.41 bits per heavy atom. The van der Waals surface area contributed by atoms with Gasteiger partial charge in [0.2, 0.25) is 5.91 Å². The minimum Gasteiger partial charge on any atom is -0.496 e. The molecule has 2 aromatic rings. The number of hydrogen-bond donors (Lipinski definition) is 1. The van der Waals surface area contributed by atoms with Crippen LogP contribution in [0, 0.1) is 5.41 Å². The maximum atomic E-state index is 12.1. The predicted octanol–water partition coefficient (Wildman–Crippen LogP) is 1.60. The number of rotatable bonds is 3. The van der Waals surface area contributed by atoms with Crippen LogP contribution in [0.15, 0.2) is 24.5 Å². The van der Waals surface area contributed by atoms with E-state index in [9.17, 15) is 4.79 Å². The molecule has 0 bridgehead atoms. The zero-order valence-corrected chi connectivity index (χ0v) is 13.1. The number of hydrogen-bond acceptors (Lipinski definition) is 5. The molecule has 6 nitrogen and oxygen atoms in total. The van der Waals surface area contributed by atoms with Crippen LogP contribution < -0.4 is 15.0 Å². The first kappa shape index (κ1) is 14.6. The number of benzene rings is 1. The summed E-state index contributed by atoms with van der Waals surface area (Å²) in [5.74, 6) is 1.65. The first-order chi connectivity index (χ1) is 10.6. The Morgan fingerprint density at radius 3 is 2.95 bits per heavy atom. The average Bonchev–Trinajstić information content (AvgIpc) is 2.96. The number of methoxy groups -OCH3 is 1. The average molecular weight is 300 g/mol. The number of aromatic nitrogens is 2. The van der Waals surface area contributed by atoms with Gasteiger partial charge in [0, 0.05) is 20.1 Å². The Labute approximate surface area is 129 Å². The second-order valence-corrected chi connectivity index (χ2v) is 5.86. The highest BCUT2D eigenvalue weighted by molar-refractivity contribution is 5.95. The Morgan fingerprint density at radius 2 is 2.23 bits per heavy atom. The highest BCUT2D eigenvalue weighted by atomic mass is 16.5. The van der Waals surface area contributed by atoms with Gasteiger partial charge in [-0.1, -0.05) is 6.07 Å². The standard InChI is InChI=1S/C16H20N4O2/c1-16(15(21)17-2)7-8-20(9-16)14-13-11(18-10-19-14)5-4-6-12(13)22-3/h4-6,10H,7-9H2,1-3H3,(H,17,21). The van der Waals surface area contributed by atoms with Crippen molar-refractivity contribution < 1.29 is 9.53 Å². The monoisotopic (exact) mass is 300 g/mol. The molecule has 0 radical (unpaired) electrons. The van der Waals surface area contributed by atoms with Crippen molar-refractivity contribution in [3.05, 3.63) is 24.5 Å². The van der Waals surface area contributed by atoms with Crippen LogP contribution in [0.2, 0.25) is 0 Å². The molecule has 1 aliphatic rings. The van der Waals surface area contributed by atoms with E-state index < -0.39 is 5.41 Å². The van der Waals surface area contributed by atoms with Crippen LogP contribution in [0.3, 0.4) is 0 Å². The maximum absolute atomic E-state index is 12.1. The van der Waals surface area contributed by atoms with Crippen LogP contribution in [0.4, 0.5) is 5.82 Å². The summed E-state index contributed by atoms with van der Waals surface area (Å²) in [6, 6.07) is 5.76. The molecule has 6 heteroatoms. The molecular weight excluding hydrogens is 280 g/mol. The molecule has 1 aliphatic heterocycles. The number of anilines is 1. The number of amides is 1. The fourth-order valence-electron chi connectivity index (χ4n) is 3.10. The largest absolute Gasteiger partial charge is 0.496 e. The topological polar surface area (TPSA) is 67.4 Å². The molecule has 1 unspecified atom stereocenters. The van der Waals surface area contributed by atoms with Gasteiger partial charge in [0.05, 0.1) is 23.4 Å². The van der Waals surface area contributed by atoms with E-state index in [0.29, 0.717) is 6.54 Å². The molecular formula is C16H20N4O2. The molecule has 1 N–H and O–H groups in total. The lowest BCUT2D eigenvalue weighted by atomic mass is 9.89. The normalized spacial score (nSPS) is 21.1. The number of carbonyl (C=O) groups is 1. The number of carbonyl (C=O) groups excluding carboxylic acids is 1. The van der Waals surface area contributed by atoms with Crippen molar-refractivity contribution in [2.45, 2.75) is 13.3 Å². The quantitative estimate of drug-likeness (QED) is 0.932.